The molecule has 0 unspecified atom stereocenters. The van der Waals surface area contributed by atoms with Gasteiger partial charge in [0.05, 0.1) is 34.4 Å². The minimum atomic E-state index is -0.633. The number of aromatic nitrogens is 2. The zero-order valence-corrected chi connectivity index (χ0v) is 24.3. The van der Waals surface area contributed by atoms with E-state index in [0.717, 1.165) is 11.0 Å². The van der Waals surface area contributed by atoms with Gasteiger partial charge in [-0.15, -0.1) is 0 Å². The Labute approximate surface area is 239 Å². The highest BCUT2D eigenvalue weighted by Gasteiger charge is 2.25. The second kappa shape index (κ2) is 15.5. The average molecular weight is 569 g/mol. The fourth-order valence-electron chi connectivity index (χ4n) is 3.10. The van der Waals surface area contributed by atoms with Crippen molar-refractivity contribution in [2.45, 2.75) is 26.3 Å². The van der Waals surface area contributed by atoms with Crippen LogP contribution in [0.3, 0.4) is 0 Å². The van der Waals surface area contributed by atoms with E-state index in [-0.39, 0.29) is 18.3 Å². The highest BCUT2D eigenvalue weighted by Crippen LogP contribution is 2.31. The van der Waals surface area contributed by atoms with E-state index in [1.54, 1.807) is 72.3 Å². The second-order valence-corrected chi connectivity index (χ2v) is 9.23. The molecule has 0 aliphatic rings. The van der Waals surface area contributed by atoms with Gasteiger partial charge in [-0.2, -0.15) is 0 Å². The van der Waals surface area contributed by atoms with Crippen molar-refractivity contribution in [2.75, 3.05) is 43.8 Å². The summed E-state index contributed by atoms with van der Waals surface area (Å²) in [5.41, 5.74) is 2.30. The molecule has 1 amide bonds. The molecule has 214 valence electrons. The maximum absolute atomic E-state index is 11.7. The number of amides is 1. The van der Waals surface area contributed by atoms with Crippen LogP contribution in [0.2, 0.25) is 5.02 Å². The van der Waals surface area contributed by atoms with Crippen LogP contribution in [0.4, 0.5) is 23.0 Å². The number of hydrogen-bond donors (Lipinski definition) is 6. The number of rotatable bonds is 7. The van der Waals surface area contributed by atoms with Gasteiger partial charge in [-0.25, -0.2) is 9.97 Å². The molecule has 0 saturated heterocycles. The number of aliphatic hydroxyl groups is 1. The first kappa shape index (κ1) is 32.1. The summed E-state index contributed by atoms with van der Waals surface area (Å²) in [7, 11) is 5.14. The number of phenols is 1. The van der Waals surface area contributed by atoms with Gasteiger partial charge in [0.25, 0.3) is 0 Å². The Balaban J connectivity index is 0.000000272. The molecule has 4 rings (SSSR count). The minimum Gasteiger partial charge on any atom is -0.508 e. The quantitative estimate of drug-likeness (QED) is 0.173. The molecule has 6 N–H and O–H groups in total. The number of methoxy groups -OCH3 is 1. The Kier molecular flexibility index (Phi) is 12.4. The molecule has 1 heterocycles. The fraction of sp³-hybridized carbons (Fsp3) is 0.276. The lowest BCUT2D eigenvalue weighted by molar-refractivity contribution is -0.121. The Bertz CT molecular complexity index is 1400. The molecule has 0 aliphatic carbocycles. The minimum absolute atomic E-state index is 0.134. The molecule has 0 bridgehead atoms. The molecular formula is C29H37ClN6O4. The van der Waals surface area contributed by atoms with Gasteiger partial charge in [0, 0.05) is 31.5 Å². The van der Waals surface area contributed by atoms with Crippen molar-refractivity contribution >= 4 is 51.6 Å². The summed E-state index contributed by atoms with van der Waals surface area (Å²) in [6.07, 6.45) is 0. The van der Waals surface area contributed by atoms with Crippen molar-refractivity contribution in [1.82, 2.24) is 15.3 Å². The van der Waals surface area contributed by atoms with Gasteiger partial charge in [-0.05, 0) is 64.2 Å². The fourth-order valence-corrected chi connectivity index (χ4v) is 3.27. The molecule has 11 heteroatoms. The van der Waals surface area contributed by atoms with Gasteiger partial charge < -0.3 is 36.2 Å². The van der Waals surface area contributed by atoms with Crippen LogP contribution in [0.25, 0.3) is 11.0 Å². The SMILES string of the molecule is CCO.CNC(C)(C)C(=O)Nc1cccc(O)c1.CNc1nc2ccccc2nc1Nc1cc(OC)ccc1Cl. The van der Waals surface area contributed by atoms with E-state index < -0.39 is 5.54 Å². The first-order chi connectivity index (χ1) is 19.1. The third-order valence-electron chi connectivity index (χ3n) is 5.53. The van der Waals surface area contributed by atoms with Crippen LogP contribution in [0.15, 0.2) is 66.7 Å². The van der Waals surface area contributed by atoms with Crippen LogP contribution in [-0.4, -0.2) is 59.4 Å². The second-order valence-electron chi connectivity index (χ2n) is 8.83. The summed E-state index contributed by atoms with van der Waals surface area (Å²) >= 11 is 6.23. The molecule has 0 aliphatic heterocycles. The molecule has 40 heavy (non-hydrogen) atoms. The summed E-state index contributed by atoms with van der Waals surface area (Å²) < 4.78 is 5.22. The van der Waals surface area contributed by atoms with Crippen molar-refractivity contribution < 1.29 is 19.7 Å². The molecule has 4 aromatic rings. The number of carbonyl (C=O) groups is 1. The lowest BCUT2D eigenvalue weighted by Gasteiger charge is -2.22. The van der Waals surface area contributed by atoms with Crippen LogP contribution in [0, 0.1) is 0 Å². The standard InChI is InChI=1S/C16H15ClN4O.C11H16N2O2.C2H6O/c1-18-15-16(20-13-6-4-3-5-12(13)19-15)21-14-9-10(22-2)7-8-11(14)17;1-11(2,12-3)10(15)13-8-5-4-6-9(14)7-8;1-2-3/h3-9H,1-2H3,(H,18,19)(H,20,21);4-7,12,14H,1-3H3,(H,13,15);3H,2H2,1H3. The maximum atomic E-state index is 11.7. The van der Waals surface area contributed by atoms with Gasteiger partial charge in [0.15, 0.2) is 11.6 Å². The Morgan fingerprint density at radius 1 is 0.975 bits per heavy atom. The molecule has 0 fully saturated rings. The number of halogens is 1. The summed E-state index contributed by atoms with van der Waals surface area (Å²) in [4.78, 5) is 20.9. The van der Waals surface area contributed by atoms with Gasteiger partial charge in [-0.3, -0.25) is 4.79 Å². The van der Waals surface area contributed by atoms with Crippen LogP contribution in [0.1, 0.15) is 20.8 Å². The highest BCUT2D eigenvalue weighted by atomic mass is 35.5. The number of nitrogens with zero attached hydrogens (tertiary/aromatic N) is 2. The Morgan fingerprint density at radius 2 is 1.60 bits per heavy atom. The number of aromatic hydroxyl groups is 1. The van der Waals surface area contributed by atoms with Crippen molar-refractivity contribution in [3.05, 3.63) is 71.8 Å². The number of para-hydroxylation sites is 2. The molecular weight excluding hydrogens is 532 g/mol. The Morgan fingerprint density at radius 3 is 2.15 bits per heavy atom. The number of phenolic OH excluding ortho intramolecular Hbond substituents is 1. The van der Waals surface area contributed by atoms with E-state index >= 15 is 0 Å². The van der Waals surface area contributed by atoms with Gasteiger partial charge >= 0.3 is 0 Å². The van der Waals surface area contributed by atoms with E-state index in [0.29, 0.717) is 33.8 Å². The first-order valence-electron chi connectivity index (χ1n) is 12.5. The first-order valence-corrected chi connectivity index (χ1v) is 12.9. The maximum Gasteiger partial charge on any atom is 0.244 e. The molecule has 0 saturated carbocycles. The third-order valence-corrected chi connectivity index (χ3v) is 5.86. The normalized spacial score (nSPS) is 10.4. The van der Waals surface area contributed by atoms with E-state index in [2.05, 4.69) is 31.2 Å². The highest BCUT2D eigenvalue weighted by molar-refractivity contribution is 6.33. The van der Waals surface area contributed by atoms with Crippen molar-refractivity contribution in [1.29, 1.82) is 0 Å². The van der Waals surface area contributed by atoms with Crippen molar-refractivity contribution in [3.8, 4) is 11.5 Å². The van der Waals surface area contributed by atoms with E-state index in [1.165, 1.54) is 6.07 Å². The summed E-state index contributed by atoms with van der Waals surface area (Å²) in [6.45, 7) is 5.50. The summed E-state index contributed by atoms with van der Waals surface area (Å²) in [5.74, 6) is 1.96. The third kappa shape index (κ3) is 9.26. The lowest BCUT2D eigenvalue weighted by Crippen LogP contribution is -2.47. The molecule has 3 aromatic carbocycles. The number of benzene rings is 3. The van der Waals surface area contributed by atoms with Gasteiger partial charge in [0.2, 0.25) is 5.91 Å². The largest absolute Gasteiger partial charge is 0.508 e. The van der Waals surface area contributed by atoms with Gasteiger partial charge in [-0.1, -0.05) is 29.8 Å². The number of nitrogens with one attached hydrogen (secondary N) is 4. The smallest absolute Gasteiger partial charge is 0.244 e. The Hall–Kier alpha value is -4.12. The topological polar surface area (TPSA) is 141 Å². The zero-order chi connectivity index (χ0) is 29.7. The van der Waals surface area contributed by atoms with Crippen molar-refractivity contribution in [2.24, 2.45) is 0 Å². The molecule has 0 spiro atoms. The summed E-state index contributed by atoms with van der Waals surface area (Å²) in [6, 6.07) is 19.6. The van der Waals surface area contributed by atoms with Gasteiger partial charge in [0.1, 0.15) is 11.5 Å². The van der Waals surface area contributed by atoms with Crippen LogP contribution < -0.4 is 26.0 Å². The number of fused-ring (bicyclic) bond motifs is 1. The number of anilines is 4. The number of ether oxygens (including phenoxy) is 1. The predicted octanol–water partition coefficient (Wildman–Crippen LogP) is 5.40. The number of carbonyl (C=O) groups excluding carboxylic acids is 1. The predicted molar refractivity (Wildman–Crippen MR) is 163 cm³/mol. The van der Waals surface area contributed by atoms with Crippen molar-refractivity contribution in [3.63, 3.8) is 0 Å². The van der Waals surface area contributed by atoms with E-state index in [1.807, 2.05) is 30.3 Å². The number of aliphatic hydroxyl groups excluding tert-OH is 1. The summed E-state index contributed by atoms with van der Waals surface area (Å²) in [5, 5.41) is 29.2. The number of hydrogen-bond acceptors (Lipinski definition) is 9. The molecule has 10 nitrogen and oxygen atoms in total. The molecule has 0 radical (unpaired) electrons. The lowest BCUT2D eigenvalue weighted by atomic mass is 10.1. The van der Waals surface area contributed by atoms with Crippen LogP contribution in [-0.2, 0) is 4.79 Å². The number of likely N-dealkylation sites (N-methyl/N-ethyl adjacent to an activating group) is 1. The van der Waals surface area contributed by atoms with Crippen LogP contribution >= 0.6 is 11.6 Å². The zero-order valence-electron chi connectivity index (χ0n) is 23.5. The molecule has 1 aromatic heterocycles. The monoisotopic (exact) mass is 568 g/mol. The van der Waals surface area contributed by atoms with E-state index in [9.17, 15) is 9.90 Å². The average Bonchev–Trinajstić information content (AvgIpc) is 2.94. The van der Waals surface area contributed by atoms with E-state index in [4.69, 9.17) is 21.4 Å². The van der Waals surface area contributed by atoms with Crippen LogP contribution in [0.5, 0.6) is 11.5 Å². The molecule has 0 atom stereocenters.